The second-order valence-electron chi connectivity index (χ2n) is 12.4. The van der Waals surface area contributed by atoms with Crippen molar-refractivity contribution in [3.8, 4) is 22.3 Å². The molecular weight excluding hydrogens is 617 g/mol. The molecule has 0 aliphatic carbocycles. The Kier molecular flexibility index (Phi) is 6.36. The molecule has 0 aliphatic heterocycles. The van der Waals surface area contributed by atoms with E-state index in [0.29, 0.717) is 0 Å². The van der Waals surface area contributed by atoms with Gasteiger partial charge in [-0.15, -0.1) is 11.3 Å². The van der Waals surface area contributed by atoms with E-state index in [2.05, 4.69) is 155 Å². The summed E-state index contributed by atoms with van der Waals surface area (Å²) in [5.74, 6) is 0. The lowest BCUT2D eigenvalue weighted by Crippen LogP contribution is -2.10. The fraction of sp³-hybridized carbons (Fsp3) is 0. The predicted octanol–water partition coefficient (Wildman–Crippen LogP) is 13.3. The molecule has 0 atom stereocenters. The van der Waals surface area contributed by atoms with Crippen LogP contribution < -0.4 is 4.90 Å². The number of pyridine rings is 1. The number of anilines is 3. The fourth-order valence-corrected chi connectivity index (χ4v) is 8.48. The maximum Gasteiger partial charge on any atom is 0.159 e. The molecule has 49 heavy (non-hydrogen) atoms. The standard InChI is InChI=1S/C45H28N2OS/c1-2-10-34-29(8-1)9-5-12-35(34)30-18-22-32(23-19-30)47(41-16-7-14-39-37-11-3-4-17-42(37)48-44(39)41)33-24-20-31(21-25-33)36-13-6-15-40-38-26-27-46-28-43(38)49-45(36)40/h1-28H. The maximum atomic E-state index is 6.57. The molecule has 0 unspecified atom stereocenters. The molecule has 4 heteroatoms. The second-order valence-corrected chi connectivity index (χ2v) is 13.4. The van der Waals surface area contributed by atoms with E-state index in [1.807, 2.05) is 24.5 Å². The number of furan rings is 1. The average molecular weight is 645 g/mol. The first-order valence-electron chi connectivity index (χ1n) is 16.4. The normalized spacial score (nSPS) is 11.7. The summed E-state index contributed by atoms with van der Waals surface area (Å²) in [4.78, 5) is 6.68. The first kappa shape index (κ1) is 27.8. The molecule has 3 aromatic heterocycles. The molecule has 0 bridgehead atoms. The highest BCUT2D eigenvalue weighted by molar-refractivity contribution is 7.26. The molecule has 0 aliphatic rings. The smallest absolute Gasteiger partial charge is 0.159 e. The Balaban J connectivity index is 1.12. The predicted molar refractivity (Wildman–Crippen MR) is 207 cm³/mol. The summed E-state index contributed by atoms with van der Waals surface area (Å²) in [5.41, 5.74) is 9.70. The molecule has 3 heterocycles. The summed E-state index contributed by atoms with van der Waals surface area (Å²) < 4.78 is 9.06. The topological polar surface area (TPSA) is 29.3 Å². The van der Waals surface area contributed by atoms with Gasteiger partial charge in [0.15, 0.2) is 5.58 Å². The molecular formula is C45H28N2OS. The highest BCUT2D eigenvalue weighted by Gasteiger charge is 2.20. The number of thiophene rings is 1. The zero-order chi connectivity index (χ0) is 32.3. The van der Waals surface area contributed by atoms with Crippen LogP contribution in [0.3, 0.4) is 0 Å². The van der Waals surface area contributed by atoms with Gasteiger partial charge >= 0.3 is 0 Å². The van der Waals surface area contributed by atoms with Crippen LogP contribution in [0.5, 0.6) is 0 Å². The average Bonchev–Trinajstić information content (AvgIpc) is 3.75. The van der Waals surface area contributed by atoms with E-state index in [1.54, 1.807) is 11.3 Å². The first-order valence-corrected chi connectivity index (χ1v) is 17.3. The Hall–Kier alpha value is -6.23. The molecule has 0 amide bonds. The number of hydrogen-bond donors (Lipinski definition) is 0. The van der Waals surface area contributed by atoms with Gasteiger partial charge in [0.1, 0.15) is 5.58 Å². The summed E-state index contributed by atoms with van der Waals surface area (Å²) >= 11 is 1.81. The summed E-state index contributed by atoms with van der Waals surface area (Å²) in [6.45, 7) is 0. The van der Waals surface area contributed by atoms with Crippen molar-refractivity contribution < 1.29 is 4.42 Å². The van der Waals surface area contributed by atoms with Gasteiger partial charge in [-0.2, -0.15) is 0 Å². The van der Waals surface area contributed by atoms with Crippen molar-refractivity contribution in [2.75, 3.05) is 4.90 Å². The molecule has 3 nitrogen and oxygen atoms in total. The van der Waals surface area contributed by atoms with E-state index < -0.39 is 0 Å². The Morgan fingerprint density at radius 3 is 1.96 bits per heavy atom. The molecule has 10 rings (SSSR count). The lowest BCUT2D eigenvalue weighted by molar-refractivity contribution is 0.669. The Labute approximate surface area is 286 Å². The van der Waals surface area contributed by atoms with Gasteiger partial charge in [0.2, 0.25) is 0 Å². The molecule has 0 spiro atoms. The van der Waals surface area contributed by atoms with Gasteiger partial charge in [0.05, 0.1) is 10.4 Å². The third-order valence-corrected chi connectivity index (χ3v) is 10.8. The Morgan fingerprint density at radius 2 is 1.12 bits per heavy atom. The van der Waals surface area contributed by atoms with Crippen LogP contribution in [0.4, 0.5) is 17.1 Å². The number of hydrogen-bond acceptors (Lipinski definition) is 4. The maximum absolute atomic E-state index is 6.57. The molecule has 230 valence electrons. The van der Waals surface area contributed by atoms with E-state index in [0.717, 1.165) is 39.0 Å². The molecule has 0 saturated carbocycles. The van der Waals surface area contributed by atoms with Gasteiger partial charge in [-0.3, -0.25) is 4.98 Å². The fourth-order valence-electron chi connectivity index (χ4n) is 7.27. The summed E-state index contributed by atoms with van der Waals surface area (Å²) in [5, 5.41) is 7.24. The van der Waals surface area contributed by atoms with E-state index in [1.165, 1.54) is 53.2 Å². The number of benzene rings is 7. The third kappa shape index (κ3) is 4.53. The first-order chi connectivity index (χ1) is 24.3. The van der Waals surface area contributed by atoms with E-state index in [9.17, 15) is 0 Å². The quantitative estimate of drug-likeness (QED) is 0.187. The van der Waals surface area contributed by atoms with Gasteiger partial charge in [-0.05, 0) is 75.5 Å². The monoisotopic (exact) mass is 644 g/mol. The van der Waals surface area contributed by atoms with Gasteiger partial charge < -0.3 is 9.32 Å². The van der Waals surface area contributed by atoms with Crippen molar-refractivity contribution in [2.45, 2.75) is 0 Å². The summed E-state index contributed by atoms with van der Waals surface area (Å²) in [6.07, 6.45) is 3.84. The molecule has 0 N–H and O–H groups in total. The minimum atomic E-state index is 0.870. The van der Waals surface area contributed by atoms with Crippen molar-refractivity contribution in [3.63, 3.8) is 0 Å². The SMILES string of the molecule is c1ccc2c(-c3ccc(N(c4ccc(-c5cccc6c5sc5cnccc56)cc4)c4cccc5c4oc4ccccc45)cc3)cccc2c1. The minimum absolute atomic E-state index is 0.870. The van der Waals surface area contributed by atoms with Gasteiger partial charge in [0, 0.05) is 50.0 Å². The lowest BCUT2D eigenvalue weighted by Gasteiger charge is -2.26. The van der Waals surface area contributed by atoms with Crippen molar-refractivity contribution in [2.24, 2.45) is 0 Å². The highest BCUT2D eigenvalue weighted by Crippen LogP contribution is 2.44. The van der Waals surface area contributed by atoms with Crippen molar-refractivity contribution in [3.05, 3.63) is 170 Å². The van der Waals surface area contributed by atoms with E-state index >= 15 is 0 Å². The minimum Gasteiger partial charge on any atom is -0.454 e. The lowest BCUT2D eigenvalue weighted by atomic mass is 9.98. The van der Waals surface area contributed by atoms with Gasteiger partial charge in [0.25, 0.3) is 0 Å². The van der Waals surface area contributed by atoms with E-state index in [4.69, 9.17) is 4.42 Å². The molecule has 0 saturated heterocycles. The number of fused-ring (bicyclic) bond motifs is 7. The van der Waals surface area contributed by atoms with E-state index in [-0.39, 0.29) is 0 Å². The highest BCUT2D eigenvalue weighted by atomic mass is 32.1. The molecule has 7 aromatic carbocycles. The zero-order valence-electron chi connectivity index (χ0n) is 26.4. The number of nitrogens with zero attached hydrogens (tertiary/aromatic N) is 2. The van der Waals surface area contributed by atoms with Gasteiger partial charge in [-0.1, -0.05) is 115 Å². The number of rotatable bonds is 5. The summed E-state index contributed by atoms with van der Waals surface area (Å²) in [7, 11) is 0. The van der Waals surface area contributed by atoms with Crippen molar-refractivity contribution in [1.29, 1.82) is 0 Å². The second kappa shape index (κ2) is 11.2. The Bertz CT molecular complexity index is 2820. The number of aromatic nitrogens is 1. The van der Waals surface area contributed by atoms with Crippen LogP contribution in [-0.2, 0) is 0 Å². The largest absolute Gasteiger partial charge is 0.454 e. The number of para-hydroxylation sites is 2. The zero-order valence-corrected chi connectivity index (χ0v) is 27.2. The molecule has 10 aromatic rings. The van der Waals surface area contributed by atoms with Crippen LogP contribution in [0, 0.1) is 0 Å². The van der Waals surface area contributed by atoms with Crippen LogP contribution in [-0.4, -0.2) is 4.98 Å². The van der Waals surface area contributed by atoms with Crippen LogP contribution >= 0.6 is 11.3 Å². The van der Waals surface area contributed by atoms with Gasteiger partial charge in [-0.25, -0.2) is 0 Å². The van der Waals surface area contributed by atoms with Crippen molar-refractivity contribution in [1.82, 2.24) is 4.98 Å². The van der Waals surface area contributed by atoms with Crippen LogP contribution in [0.1, 0.15) is 0 Å². The molecule has 0 radical (unpaired) electrons. The van der Waals surface area contributed by atoms with Crippen LogP contribution in [0.25, 0.3) is 75.1 Å². The van der Waals surface area contributed by atoms with Crippen molar-refractivity contribution >= 4 is 81.3 Å². The van der Waals surface area contributed by atoms with Crippen LogP contribution in [0.15, 0.2) is 175 Å². The molecule has 0 fully saturated rings. The Morgan fingerprint density at radius 1 is 0.490 bits per heavy atom. The van der Waals surface area contributed by atoms with Crippen LogP contribution in [0.2, 0.25) is 0 Å². The third-order valence-electron chi connectivity index (χ3n) is 9.59. The summed E-state index contributed by atoms with van der Waals surface area (Å²) in [6, 6.07) is 56.3.